The Morgan fingerprint density at radius 2 is 1.86 bits per heavy atom. The van der Waals surface area contributed by atoms with Gasteiger partial charge in [0.05, 0.1) is 15.9 Å². The van der Waals surface area contributed by atoms with Crippen molar-refractivity contribution < 1.29 is 19.4 Å². The van der Waals surface area contributed by atoms with Crippen LogP contribution in [0.4, 0.5) is 16.2 Å². The maximum atomic E-state index is 11.9. The first-order chi connectivity index (χ1) is 9.99. The van der Waals surface area contributed by atoms with Crippen molar-refractivity contribution in [2.45, 2.75) is 0 Å². The number of benzene rings is 1. The average Bonchev–Trinajstić information content (AvgIpc) is 2.48. The number of hydrogen-bond acceptors (Lipinski definition) is 7. The summed E-state index contributed by atoms with van der Waals surface area (Å²) in [5, 5.41) is 24.6. The van der Waals surface area contributed by atoms with E-state index < -0.39 is 27.3 Å². The van der Waals surface area contributed by atoms with E-state index in [2.05, 4.69) is 5.32 Å². The predicted octanol–water partition coefficient (Wildman–Crippen LogP) is 0.907. The number of ether oxygens (including phenoxy) is 1. The highest BCUT2D eigenvalue weighted by molar-refractivity contribution is 5.73. The van der Waals surface area contributed by atoms with E-state index >= 15 is 0 Å². The number of hydrogen-bond donors (Lipinski definition) is 1. The Kier molecular flexibility index (Phi) is 4.28. The van der Waals surface area contributed by atoms with Gasteiger partial charge in [-0.1, -0.05) is 0 Å². The summed E-state index contributed by atoms with van der Waals surface area (Å²) < 4.78 is 4.98. The minimum absolute atomic E-state index is 0.311. The number of nitrogens with zero attached hydrogens (tertiary/aromatic N) is 3. The van der Waals surface area contributed by atoms with E-state index in [0.717, 1.165) is 18.2 Å². The first-order valence-corrected chi connectivity index (χ1v) is 6.09. The molecule has 1 aliphatic heterocycles. The molecule has 0 aliphatic carbocycles. The molecule has 0 spiro atoms. The molecule has 10 nitrogen and oxygen atoms in total. The Morgan fingerprint density at radius 1 is 1.19 bits per heavy atom. The fourth-order valence-electron chi connectivity index (χ4n) is 1.85. The van der Waals surface area contributed by atoms with Crippen LogP contribution in [-0.4, -0.2) is 47.0 Å². The number of carbonyl (C=O) groups excluding carboxylic acids is 1. The van der Waals surface area contributed by atoms with Crippen molar-refractivity contribution in [1.82, 2.24) is 10.2 Å². The van der Waals surface area contributed by atoms with E-state index in [4.69, 9.17) is 4.74 Å². The van der Waals surface area contributed by atoms with E-state index in [1.807, 2.05) is 0 Å². The zero-order valence-corrected chi connectivity index (χ0v) is 10.9. The summed E-state index contributed by atoms with van der Waals surface area (Å²) in [5.74, 6) is -0.311. The molecular weight excluding hydrogens is 284 g/mol. The van der Waals surface area contributed by atoms with Gasteiger partial charge in [-0.05, 0) is 6.07 Å². The van der Waals surface area contributed by atoms with Crippen molar-refractivity contribution in [2.24, 2.45) is 0 Å². The molecule has 0 aromatic heterocycles. The highest BCUT2D eigenvalue weighted by atomic mass is 16.6. The molecule has 1 aliphatic rings. The monoisotopic (exact) mass is 296 g/mol. The Hall–Kier alpha value is -2.75. The van der Waals surface area contributed by atoms with Crippen molar-refractivity contribution in [3.05, 3.63) is 38.4 Å². The third kappa shape index (κ3) is 3.42. The molecule has 2 rings (SSSR count). The number of nitro benzene ring substituents is 2. The highest BCUT2D eigenvalue weighted by Crippen LogP contribution is 2.31. The minimum Gasteiger partial charge on any atom is -0.403 e. The molecule has 1 saturated heterocycles. The van der Waals surface area contributed by atoms with Crippen molar-refractivity contribution in [3.8, 4) is 5.75 Å². The summed E-state index contributed by atoms with van der Waals surface area (Å²) >= 11 is 0. The van der Waals surface area contributed by atoms with Crippen LogP contribution in [0.1, 0.15) is 0 Å². The topological polar surface area (TPSA) is 128 Å². The second-order valence-electron chi connectivity index (χ2n) is 4.27. The predicted molar refractivity (Wildman–Crippen MR) is 70.2 cm³/mol. The summed E-state index contributed by atoms with van der Waals surface area (Å²) in [4.78, 5) is 33.2. The second kappa shape index (κ2) is 6.13. The van der Waals surface area contributed by atoms with Crippen molar-refractivity contribution in [1.29, 1.82) is 0 Å². The fraction of sp³-hybridized carbons (Fsp3) is 0.364. The minimum atomic E-state index is -0.826. The van der Waals surface area contributed by atoms with Gasteiger partial charge in [0, 0.05) is 32.2 Å². The first kappa shape index (κ1) is 14.7. The lowest BCUT2D eigenvalue weighted by Gasteiger charge is -2.26. The lowest BCUT2D eigenvalue weighted by atomic mass is 10.2. The van der Waals surface area contributed by atoms with Crippen LogP contribution in [0.5, 0.6) is 5.75 Å². The van der Waals surface area contributed by atoms with Crippen molar-refractivity contribution in [3.63, 3.8) is 0 Å². The molecule has 21 heavy (non-hydrogen) atoms. The average molecular weight is 296 g/mol. The molecule has 1 aromatic carbocycles. The maximum absolute atomic E-state index is 11.9. The molecule has 1 fully saturated rings. The van der Waals surface area contributed by atoms with Gasteiger partial charge in [0.2, 0.25) is 5.75 Å². The van der Waals surface area contributed by atoms with Crippen LogP contribution in [0, 0.1) is 20.2 Å². The Balaban J connectivity index is 2.20. The molecule has 112 valence electrons. The van der Waals surface area contributed by atoms with Gasteiger partial charge in [-0.25, -0.2) is 4.79 Å². The third-order valence-electron chi connectivity index (χ3n) is 2.92. The van der Waals surface area contributed by atoms with Gasteiger partial charge in [0.1, 0.15) is 0 Å². The Labute approximate surface area is 118 Å². The number of rotatable bonds is 3. The van der Waals surface area contributed by atoms with Gasteiger partial charge >= 0.3 is 11.8 Å². The normalized spacial score (nSPS) is 14.6. The molecule has 1 N–H and O–H groups in total. The van der Waals surface area contributed by atoms with Crippen molar-refractivity contribution in [2.75, 3.05) is 26.2 Å². The van der Waals surface area contributed by atoms with Gasteiger partial charge in [-0.3, -0.25) is 20.2 Å². The van der Waals surface area contributed by atoms with E-state index in [1.54, 1.807) is 0 Å². The number of amides is 1. The second-order valence-corrected chi connectivity index (χ2v) is 4.27. The summed E-state index contributed by atoms with van der Waals surface area (Å²) in [6, 6.07) is 2.87. The van der Waals surface area contributed by atoms with Crippen LogP contribution in [0.15, 0.2) is 18.2 Å². The molecule has 1 heterocycles. The lowest BCUT2D eigenvalue weighted by molar-refractivity contribution is -0.394. The van der Waals surface area contributed by atoms with Gasteiger partial charge < -0.3 is 15.0 Å². The SMILES string of the molecule is O=C(Oc1ccc([N+](=O)[O-])cc1[N+](=O)[O-])N1CCNCC1. The van der Waals surface area contributed by atoms with Crippen LogP contribution < -0.4 is 10.1 Å². The molecule has 0 bridgehead atoms. The molecule has 0 unspecified atom stereocenters. The van der Waals surface area contributed by atoms with Gasteiger partial charge in [0.15, 0.2) is 0 Å². The zero-order valence-electron chi connectivity index (χ0n) is 10.9. The zero-order chi connectivity index (χ0) is 15.4. The first-order valence-electron chi connectivity index (χ1n) is 6.09. The van der Waals surface area contributed by atoms with Crippen LogP contribution in [0.3, 0.4) is 0 Å². The van der Waals surface area contributed by atoms with E-state index in [1.165, 1.54) is 4.90 Å². The lowest BCUT2D eigenvalue weighted by Crippen LogP contribution is -2.47. The quantitative estimate of drug-likeness (QED) is 0.648. The Bertz CT molecular complexity index is 584. The largest absolute Gasteiger partial charge is 0.415 e. The highest BCUT2D eigenvalue weighted by Gasteiger charge is 2.25. The van der Waals surface area contributed by atoms with Gasteiger partial charge in [-0.15, -0.1) is 0 Å². The summed E-state index contributed by atoms with van der Waals surface area (Å²) in [7, 11) is 0. The number of carbonyl (C=O) groups is 1. The standard InChI is InChI=1S/C11H12N4O6/c16-11(13-5-3-12-4-6-13)21-10-2-1-8(14(17)18)7-9(10)15(19)20/h1-2,7,12H,3-6H2. The molecule has 10 heteroatoms. The number of nitro groups is 2. The fourth-order valence-corrected chi connectivity index (χ4v) is 1.85. The smallest absolute Gasteiger partial charge is 0.403 e. The van der Waals surface area contributed by atoms with Crippen LogP contribution in [-0.2, 0) is 0 Å². The number of nitrogens with one attached hydrogen (secondary N) is 1. The van der Waals surface area contributed by atoms with Crippen LogP contribution in [0.2, 0.25) is 0 Å². The number of piperazine rings is 1. The van der Waals surface area contributed by atoms with Gasteiger partial charge in [0.25, 0.3) is 5.69 Å². The van der Waals surface area contributed by atoms with Crippen LogP contribution in [0.25, 0.3) is 0 Å². The molecule has 1 amide bonds. The summed E-state index contributed by atoms with van der Waals surface area (Å²) in [6.07, 6.45) is -0.714. The summed E-state index contributed by atoms with van der Waals surface area (Å²) in [5.41, 5.74) is -1.06. The third-order valence-corrected chi connectivity index (χ3v) is 2.92. The Morgan fingerprint density at radius 3 is 2.43 bits per heavy atom. The summed E-state index contributed by atoms with van der Waals surface area (Å²) in [6.45, 7) is 2.08. The molecule has 0 atom stereocenters. The van der Waals surface area contributed by atoms with Gasteiger partial charge in [-0.2, -0.15) is 0 Å². The van der Waals surface area contributed by atoms with E-state index in [-0.39, 0.29) is 5.75 Å². The van der Waals surface area contributed by atoms with E-state index in [9.17, 15) is 25.0 Å². The molecule has 0 saturated carbocycles. The molecular formula is C11H12N4O6. The van der Waals surface area contributed by atoms with Crippen molar-refractivity contribution >= 4 is 17.5 Å². The maximum Gasteiger partial charge on any atom is 0.415 e. The number of non-ortho nitro benzene ring substituents is 1. The molecule has 1 aromatic rings. The molecule has 0 radical (unpaired) electrons. The van der Waals surface area contributed by atoms with E-state index in [0.29, 0.717) is 26.2 Å². The van der Waals surface area contributed by atoms with Crippen LogP contribution >= 0.6 is 0 Å².